The second-order valence-electron chi connectivity index (χ2n) is 4.22. The third kappa shape index (κ3) is 3.96. The van der Waals surface area contributed by atoms with Gasteiger partial charge in [0.1, 0.15) is 11.6 Å². The van der Waals surface area contributed by atoms with Crippen LogP contribution in [-0.2, 0) is 6.42 Å². The highest BCUT2D eigenvalue weighted by atomic mass is 19.4. The van der Waals surface area contributed by atoms with Crippen molar-refractivity contribution >= 4 is 0 Å². The van der Waals surface area contributed by atoms with Crippen molar-refractivity contribution in [1.29, 1.82) is 5.26 Å². The van der Waals surface area contributed by atoms with Crippen LogP contribution in [0.4, 0.5) is 17.6 Å². The van der Waals surface area contributed by atoms with Gasteiger partial charge in [0, 0.05) is 5.56 Å². The summed E-state index contributed by atoms with van der Waals surface area (Å²) in [6.45, 7) is 0. The molecule has 0 aliphatic heterocycles. The predicted molar refractivity (Wildman–Crippen MR) is 67.8 cm³/mol. The first-order chi connectivity index (χ1) is 9.89. The lowest BCUT2D eigenvalue weighted by Crippen LogP contribution is -2.16. The Balaban J connectivity index is 2.25. The molecule has 0 bridgehead atoms. The van der Waals surface area contributed by atoms with E-state index in [1.54, 1.807) is 6.07 Å². The molecule has 0 aromatic heterocycles. The van der Waals surface area contributed by atoms with Gasteiger partial charge < -0.3 is 4.74 Å². The Morgan fingerprint density at radius 3 is 2.24 bits per heavy atom. The smallest absolute Gasteiger partial charge is 0.406 e. The zero-order valence-corrected chi connectivity index (χ0v) is 10.6. The zero-order chi connectivity index (χ0) is 15.5. The van der Waals surface area contributed by atoms with Crippen LogP contribution in [0.1, 0.15) is 5.56 Å². The van der Waals surface area contributed by atoms with E-state index < -0.39 is 12.2 Å². The minimum Gasteiger partial charge on any atom is -0.406 e. The molecule has 2 rings (SSSR count). The van der Waals surface area contributed by atoms with Crippen LogP contribution in [0.2, 0.25) is 0 Å². The molecule has 0 spiro atoms. The van der Waals surface area contributed by atoms with E-state index in [9.17, 15) is 17.6 Å². The van der Waals surface area contributed by atoms with Gasteiger partial charge in [-0.05, 0) is 29.3 Å². The zero-order valence-electron chi connectivity index (χ0n) is 10.6. The Bertz CT molecular complexity index is 672. The molecule has 0 heterocycles. The van der Waals surface area contributed by atoms with Crippen LogP contribution in [0.3, 0.4) is 0 Å². The maximum absolute atomic E-state index is 13.9. The van der Waals surface area contributed by atoms with Crippen LogP contribution < -0.4 is 4.74 Å². The lowest BCUT2D eigenvalue weighted by molar-refractivity contribution is -0.274. The number of rotatable bonds is 3. The minimum atomic E-state index is -4.76. The van der Waals surface area contributed by atoms with Crippen molar-refractivity contribution in [2.75, 3.05) is 0 Å². The maximum Gasteiger partial charge on any atom is 0.573 e. The predicted octanol–water partition coefficient (Wildman–Crippen LogP) is 4.46. The summed E-state index contributed by atoms with van der Waals surface area (Å²) in [5, 5.41) is 8.54. The van der Waals surface area contributed by atoms with E-state index >= 15 is 0 Å². The molecule has 2 aromatic carbocycles. The van der Waals surface area contributed by atoms with Gasteiger partial charge in [0.05, 0.1) is 12.5 Å². The molecule has 108 valence electrons. The van der Waals surface area contributed by atoms with E-state index in [0.29, 0.717) is 11.1 Å². The standard InChI is InChI=1S/C15H9F4NO/c16-14-9-10(7-8-20)1-6-13(14)11-2-4-12(5-3-11)21-15(17,18)19/h1-6,9H,7H2. The van der Waals surface area contributed by atoms with Gasteiger partial charge in [-0.25, -0.2) is 4.39 Å². The molecule has 2 nitrogen and oxygen atoms in total. The second kappa shape index (κ2) is 5.83. The molecule has 0 saturated heterocycles. The van der Waals surface area contributed by atoms with Crippen molar-refractivity contribution in [3.05, 3.63) is 53.8 Å². The molecular formula is C15H9F4NO. The number of benzene rings is 2. The number of alkyl halides is 3. The van der Waals surface area contributed by atoms with Gasteiger partial charge in [0.25, 0.3) is 0 Å². The topological polar surface area (TPSA) is 33.0 Å². The molecule has 6 heteroatoms. The molecule has 21 heavy (non-hydrogen) atoms. The first-order valence-corrected chi connectivity index (χ1v) is 5.90. The second-order valence-corrected chi connectivity index (χ2v) is 4.22. The first kappa shape index (κ1) is 14.9. The van der Waals surface area contributed by atoms with Gasteiger partial charge in [0.15, 0.2) is 0 Å². The number of nitriles is 1. The molecule has 0 fully saturated rings. The fourth-order valence-corrected chi connectivity index (χ4v) is 1.83. The normalized spacial score (nSPS) is 11.0. The quantitative estimate of drug-likeness (QED) is 0.783. The van der Waals surface area contributed by atoms with Gasteiger partial charge in [-0.2, -0.15) is 5.26 Å². The van der Waals surface area contributed by atoms with Crippen LogP contribution in [0, 0.1) is 17.1 Å². The summed E-state index contributed by atoms with van der Waals surface area (Å²) >= 11 is 0. The molecule has 0 amide bonds. The van der Waals surface area contributed by atoms with Crippen molar-refractivity contribution in [1.82, 2.24) is 0 Å². The summed E-state index contributed by atoms with van der Waals surface area (Å²) in [6, 6.07) is 11.1. The summed E-state index contributed by atoms with van der Waals surface area (Å²) in [4.78, 5) is 0. The molecule has 0 atom stereocenters. The van der Waals surface area contributed by atoms with E-state index in [2.05, 4.69) is 4.74 Å². The van der Waals surface area contributed by atoms with Gasteiger partial charge in [-0.1, -0.05) is 24.3 Å². The van der Waals surface area contributed by atoms with Crippen molar-refractivity contribution in [2.45, 2.75) is 12.8 Å². The summed E-state index contributed by atoms with van der Waals surface area (Å²) in [6.07, 6.45) is -4.67. The highest BCUT2D eigenvalue weighted by Gasteiger charge is 2.30. The molecule has 0 unspecified atom stereocenters. The molecule has 0 aliphatic carbocycles. The first-order valence-electron chi connectivity index (χ1n) is 5.90. The van der Waals surface area contributed by atoms with E-state index in [1.165, 1.54) is 24.3 Å². The van der Waals surface area contributed by atoms with Gasteiger partial charge in [-0.15, -0.1) is 13.2 Å². The average molecular weight is 295 g/mol. The summed E-state index contributed by atoms with van der Waals surface area (Å²) in [5.74, 6) is -0.903. The number of hydrogen-bond donors (Lipinski definition) is 0. The Morgan fingerprint density at radius 1 is 1.05 bits per heavy atom. The highest BCUT2D eigenvalue weighted by Crippen LogP contribution is 2.28. The molecule has 0 N–H and O–H groups in total. The van der Waals surface area contributed by atoms with Crippen LogP contribution in [-0.4, -0.2) is 6.36 Å². The summed E-state index contributed by atoms with van der Waals surface area (Å²) in [7, 11) is 0. The van der Waals surface area contributed by atoms with E-state index in [-0.39, 0.29) is 17.7 Å². The average Bonchev–Trinajstić information content (AvgIpc) is 2.39. The van der Waals surface area contributed by atoms with E-state index in [4.69, 9.17) is 5.26 Å². The lowest BCUT2D eigenvalue weighted by Gasteiger charge is -2.10. The number of halogens is 4. The Kier molecular flexibility index (Phi) is 4.13. The third-order valence-corrected chi connectivity index (χ3v) is 2.72. The van der Waals surface area contributed by atoms with Crippen molar-refractivity contribution < 1.29 is 22.3 Å². The fourth-order valence-electron chi connectivity index (χ4n) is 1.83. The SMILES string of the molecule is N#CCc1ccc(-c2ccc(OC(F)(F)F)cc2)c(F)c1. The van der Waals surface area contributed by atoms with Crippen LogP contribution in [0.25, 0.3) is 11.1 Å². The van der Waals surface area contributed by atoms with Crippen molar-refractivity contribution in [3.63, 3.8) is 0 Å². The molecule has 0 radical (unpaired) electrons. The molecule has 0 saturated carbocycles. The summed E-state index contributed by atoms with van der Waals surface area (Å²) < 4.78 is 53.8. The van der Waals surface area contributed by atoms with Gasteiger partial charge in [0.2, 0.25) is 0 Å². The van der Waals surface area contributed by atoms with E-state index in [0.717, 1.165) is 12.1 Å². The minimum absolute atomic E-state index is 0.0928. The number of nitrogens with zero attached hydrogens (tertiary/aromatic N) is 1. The van der Waals surface area contributed by atoms with Crippen LogP contribution in [0.15, 0.2) is 42.5 Å². The largest absolute Gasteiger partial charge is 0.573 e. The lowest BCUT2D eigenvalue weighted by atomic mass is 10.0. The number of ether oxygens (including phenoxy) is 1. The Labute approximate surface area is 118 Å². The van der Waals surface area contributed by atoms with Gasteiger partial charge >= 0.3 is 6.36 Å². The van der Waals surface area contributed by atoms with Crippen molar-refractivity contribution in [3.8, 4) is 22.9 Å². The highest BCUT2D eigenvalue weighted by molar-refractivity contribution is 5.65. The Hall–Kier alpha value is -2.55. The van der Waals surface area contributed by atoms with Crippen molar-refractivity contribution in [2.24, 2.45) is 0 Å². The Morgan fingerprint density at radius 2 is 1.71 bits per heavy atom. The summed E-state index contributed by atoms with van der Waals surface area (Å²) in [5.41, 5.74) is 1.21. The van der Waals surface area contributed by atoms with Gasteiger partial charge in [-0.3, -0.25) is 0 Å². The fraction of sp³-hybridized carbons (Fsp3) is 0.133. The van der Waals surface area contributed by atoms with E-state index in [1.807, 2.05) is 6.07 Å². The molecule has 0 aliphatic rings. The van der Waals surface area contributed by atoms with Crippen LogP contribution >= 0.6 is 0 Å². The monoisotopic (exact) mass is 295 g/mol. The number of hydrogen-bond acceptors (Lipinski definition) is 2. The molecular weight excluding hydrogens is 286 g/mol. The maximum atomic E-state index is 13.9. The van der Waals surface area contributed by atoms with Crippen LogP contribution in [0.5, 0.6) is 5.75 Å². The molecule has 2 aromatic rings. The third-order valence-electron chi connectivity index (χ3n) is 2.72.